The summed E-state index contributed by atoms with van der Waals surface area (Å²) in [6.07, 6.45) is 0.0868. The first kappa shape index (κ1) is 19.8. The summed E-state index contributed by atoms with van der Waals surface area (Å²) >= 11 is 0. The van der Waals surface area contributed by atoms with Gasteiger partial charge in [0.2, 0.25) is 5.91 Å². The number of hydrogen-bond acceptors (Lipinski definition) is 4. The van der Waals surface area contributed by atoms with Crippen LogP contribution in [0.4, 0.5) is 0 Å². The van der Waals surface area contributed by atoms with Crippen molar-refractivity contribution in [3.05, 3.63) is 70.4 Å². The molecule has 4 aromatic rings. The molecule has 7 nitrogen and oxygen atoms in total. The Morgan fingerprint density at radius 2 is 1.77 bits per heavy atom. The van der Waals surface area contributed by atoms with Gasteiger partial charge >= 0.3 is 0 Å². The van der Waals surface area contributed by atoms with Crippen molar-refractivity contribution < 1.29 is 4.79 Å². The van der Waals surface area contributed by atoms with Gasteiger partial charge in [-0.1, -0.05) is 44.2 Å². The van der Waals surface area contributed by atoms with Crippen molar-refractivity contribution in [1.29, 1.82) is 0 Å². The van der Waals surface area contributed by atoms with E-state index in [0.717, 1.165) is 11.0 Å². The lowest BCUT2D eigenvalue weighted by molar-refractivity contribution is -0.121. The average Bonchev–Trinajstić information content (AvgIpc) is 3.15. The van der Waals surface area contributed by atoms with Crippen molar-refractivity contribution in [2.45, 2.75) is 39.8 Å². The summed E-state index contributed by atoms with van der Waals surface area (Å²) in [5.74, 6) is 0.800. The lowest BCUT2D eigenvalue weighted by Gasteiger charge is -2.14. The highest BCUT2D eigenvalue weighted by molar-refractivity contribution is 5.88. The van der Waals surface area contributed by atoms with Crippen molar-refractivity contribution in [3.8, 4) is 0 Å². The predicted octanol–water partition coefficient (Wildman–Crippen LogP) is 3.35. The van der Waals surface area contributed by atoms with Gasteiger partial charge in [-0.05, 0) is 31.0 Å². The molecule has 0 saturated carbocycles. The Hall–Kier alpha value is -3.48. The minimum absolute atomic E-state index is 0.0868. The maximum Gasteiger partial charge on any atom is 0.274 e. The van der Waals surface area contributed by atoms with E-state index in [2.05, 4.69) is 20.4 Å². The van der Waals surface area contributed by atoms with Crippen LogP contribution in [0.25, 0.3) is 21.8 Å². The highest BCUT2D eigenvalue weighted by Crippen LogP contribution is 2.17. The molecule has 154 valence electrons. The van der Waals surface area contributed by atoms with Gasteiger partial charge in [0, 0.05) is 11.9 Å². The van der Waals surface area contributed by atoms with Crippen molar-refractivity contribution in [3.63, 3.8) is 0 Å². The molecule has 0 unspecified atom stereocenters. The number of carbonyl (C=O) groups excluding carboxylic acids is 1. The van der Waals surface area contributed by atoms with Crippen molar-refractivity contribution in [1.82, 2.24) is 25.1 Å². The van der Waals surface area contributed by atoms with Crippen LogP contribution in [0, 0.1) is 5.92 Å². The fraction of sp³-hybridized carbons (Fsp3) is 0.304. The number of nitrogens with one attached hydrogen (secondary N) is 2. The van der Waals surface area contributed by atoms with Crippen LogP contribution in [-0.2, 0) is 17.8 Å². The number of benzene rings is 2. The van der Waals surface area contributed by atoms with E-state index >= 15 is 0 Å². The first-order valence-corrected chi connectivity index (χ1v) is 10.1. The number of imidazole rings is 1. The van der Waals surface area contributed by atoms with E-state index in [1.807, 2.05) is 63.2 Å². The zero-order valence-corrected chi connectivity index (χ0v) is 17.3. The van der Waals surface area contributed by atoms with E-state index in [9.17, 15) is 9.59 Å². The number of nitrogens with zero attached hydrogens (tertiary/aromatic N) is 3. The normalized spacial score (nSPS) is 12.5. The highest BCUT2D eigenvalue weighted by atomic mass is 16.2. The van der Waals surface area contributed by atoms with Gasteiger partial charge in [0.05, 0.1) is 34.6 Å². The molecule has 7 heteroatoms. The number of rotatable bonds is 6. The maximum absolute atomic E-state index is 12.8. The van der Waals surface area contributed by atoms with E-state index in [1.54, 1.807) is 6.07 Å². The van der Waals surface area contributed by atoms with Crippen molar-refractivity contribution in [2.75, 3.05) is 0 Å². The Morgan fingerprint density at radius 3 is 2.50 bits per heavy atom. The number of H-pyrrole nitrogens is 1. The molecule has 0 aliphatic heterocycles. The third kappa shape index (κ3) is 3.96. The van der Waals surface area contributed by atoms with E-state index in [0.29, 0.717) is 28.8 Å². The number of aromatic amines is 1. The van der Waals surface area contributed by atoms with E-state index in [-0.39, 0.29) is 29.8 Å². The van der Waals surface area contributed by atoms with Crippen molar-refractivity contribution >= 4 is 27.7 Å². The first-order valence-electron chi connectivity index (χ1n) is 10.1. The monoisotopic (exact) mass is 403 g/mol. The molecule has 0 aliphatic rings. The minimum Gasteiger partial charge on any atom is -0.346 e. The van der Waals surface area contributed by atoms with Crippen molar-refractivity contribution in [2.24, 2.45) is 5.92 Å². The molecule has 2 aromatic carbocycles. The highest BCUT2D eigenvalue weighted by Gasteiger charge is 2.17. The predicted molar refractivity (Wildman–Crippen MR) is 117 cm³/mol. The van der Waals surface area contributed by atoms with E-state index in [1.165, 1.54) is 4.68 Å². The summed E-state index contributed by atoms with van der Waals surface area (Å²) in [6, 6.07) is 14.8. The summed E-state index contributed by atoms with van der Waals surface area (Å²) < 4.78 is 1.47. The average molecular weight is 403 g/mol. The smallest absolute Gasteiger partial charge is 0.274 e. The molecule has 0 spiro atoms. The van der Waals surface area contributed by atoms with Crippen LogP contribution in [0.2, 0.25) is 0 Å². The zero-order valence-electron chi connectivity index (χ0n) is 17.3. The molecule has 0 bridgehead atoms. The third-order valence-corrected chi connectivity index (χ3v) is 5.01. The molecule has 0 fully saturated rings. The molecule has 2 N–H and O–H groups in total. The fourth-order valence-corrected chi connectivity index (χ4v) is 3.60. The van der Waals surface area contributed by atoms with E-state index in [4.69, 9.17) is 0 Å². The molecule has 0 saturated heterocycles. The van der Waals surface area contributed by atoms with Gasteiger partial charge in [0.1, 0.15) is 5.82 Å². The summed E-state index contributed by atoms with van der Waals surface area (Å²) in [5, 5.41) is 8.80. The number of carbonyl (C=O) groups is 1. The van der Waals surface area contributed by atoms with Crippen LogP contribution in [0.5, 0.6) is 0 Å². The standard InChI is InChI=1S/C23H25N5O2/c1-14(2)13-28-23(30)17-9-5-4-8-16(17)20(27-28)12-21(29)24-15(3)22-25-18-10-6-7-11-19(18)26-22/h4-11,14-15H,12-13H2,1-3H3,(H,24,29)(H,25,26)/t15-/m0/s1. The fourth-order valence-electron chi connectivity index (χ4n) is 3.60. The van der Waals surface area contributed by atoms with Crippen LogP contribution in [0.15, 0.2) is 53.3 Å². The topological polar surface area (TPSA) is 92.7 Å². The van der Waals surface area contributed by atoms with Crippen LogP contribution in [0.1, 0.15) is 38.3 Å². The van der Waals surface area contributed by atoms with Crippen LogP contribution < -0.4 is 10.9 Å². The van der Waals surface area contributed by atoms with Gasteiger partial charge in [-0.15, -0.1) is 0 Å². The number of amides is 1. The largest absolute Gasteiger partial charge is 0.346 e. The Balaban J connectivity index is 1.59. The second-order valence-corrected chi connectivity index (χ2v) is 7.98. The van der Waals surface area contributed by atoms with Gasteiger partial charge in [-0.25, -0.2) is 9.67 Å². The molecule has 2 aromatic heterocycles. The zero-order chi connectivity index (χ0) is 21.3. The third-order valence-electron chi connectivity index (χ3n) is 5.01. The SMILES string of the molecule is CC(C)Cn1nc(CC(=O)N[C@@H](C)c2nc3ccccc3[nH]2)c2ccccc2c1=O. The molecular weight excluding hydrogens is 378 g/mol. The Morgan fingerprint density at radius 1 is 1.07 bits per heavy atom. The summed E-state index contributed by atoms with van der Waals surface area (Å²) in [6.45, 7) is 6.46. The second kappa shape index (κ2) is 8.10. The van der Waals surface area contributed by atoms with Gasteiger partial charge < -0.3 is 10.3 Å². The molecule has 2 heterocycles. The Kier molecular flexibility index (Phi) is 5.35. The Labute approximate surface area is 174 Å². The number of hydrogen-bond donors (Lipinski definition) is 2. The van der Waals surface area contributed by atoms with Crippen LogP contribution in [0.3, 0.4) is 0 Å². The van der Waals surface area contributed by atoms with Crippen LogP contribution in [-0.4, -0.2) is 25.7 Å². The summed E-state index contributed by atoms with van der Waals surface area (Å²) in [4.78, 5) is 33.3. The summed E-state index contributed by atoms with van der Waals surface area (Å²) in [5.41, 5.74) is 2.27. The number of fused-ring (bicyclic) bond motifs is 2. The van der Waals surface area contributed by atoms with Gasteiger partial charge in [0.15, 0.2) is 0 Å². The molecule has 1 atom stereocenters. The Bertz CT molecular complexity index is 1240. The van der Waals surface area contributed by atoms with Gasteiger partial charge in [-0.3, -0.25) is 9.59 Å². The second-order valence-electron chi connectivity index (χ2n) is 7.98. The number of aromatic nitrogens is 4. The molecule has 0 aliphatic carbocycles. The van der Waals surface area contributed by atoms with Gasteiger partial charge in [0.25, 0.3) is 5.56 Å². The molecule has 0 radical (unpaired) electrons. The lowest BCUT2D eigenvalue weighted by Crippen LogP contribution is -2.31. The minimum atomic E-state index is -0.280. The molecular formula is C23H25N5O2. The quantitative estimate of drug-likeness (QED) is 0.516. The number of para-hydroxylation sites is 2. The summed E-state index contributed by atoms with van der Waals surface area (Å²) in [7, 11) is 0. The van der Waals surface area contributed by atoms with Gasteiger partial charge in [-0.2, -0.15) is 5.10 Å². The molecule has 4 rings (SSSR count). The van der Waals surface area contributed by atoms with Crippen LogP contribution >= 0.6 is 0 Å². The molecule has 1 amide bonds. The lowest BCUT2D eigenvalue weighted by atomic mass is 10.1. The van der Waals surface area contributed by atoms with E-state index < -0.39 is 0 Å². The maximum atomic E-state index is 12.8. The first-order chi connectivity index (χ1) is 14.4. The molecule has 30 heavy (non-hydrogen) atoms.